The highest BCUT2D eigenvalue weighted by molar-refractivity contribution is 5.76. The van der Waals surface area contributed by atoms with E-state index in [0.29, 0.717) is 11.8 Å². The highest BCUT2D eigenvalue weighted by Crippen LogP contribution is 2.17. The lowest BCUT2D eigenvalue weighted by Crippen LogP contribution is -2.32. The van der Waals surface area contributed by atoms with E-state index in [1.807, 2.05) is 0 Å². The van der Waals surface area contributed by atoms with Gasteiger partial charge in [-0.05, 0) is 30.3 Å². The summed E-state index contributed by atoms with van der Waals surface area (Å²) in [6.07, 6.45) is 1.59. The summed E-state index contributed by atoms with van der Waals surface area (Å²) >= 11 is 0. The Balaban J connectivity index is 3.44. The number of amides is 1. The third kappa shape index (κ3) is 13.4. The van der Waals surface area contributed by atoms with Crippen LogP contribution in [0.4, 0.5) is 0 Å². The molecule has 0 spiro atoms. The summed E-state index contributed by atoms with van der Waals surface area (Å²) in [5.74, 6) is 0.160. The van der Waals surface area contributed by atoms with Crippen LogP contribution in [0.3, 0.4) is 0 Å². The molecule has 0 aliphatic rings. The van der Waals surface area contributed by atoms with E-state index in [9.17, 15) is 4.79 Å². The van der Waals surface area contributed by atoms with Gasteiger partial charge in [0, 0.05) is 13.0 Å². The summed E-state index contributed by atoms with van der Waals surface area (Å²) in [4.78, 5) is 11.5. The largest absolute Gasteiger partial charge is 0.356 e. The number of hydrogen-bond donors (Lipinski definition) is 2. The summed E-state index contributed by atoms with van der Waals surface area (Å²) in [7, 11) is 0. The fraction of sp³-hybridized carbons (Fsp3) is 0.929. The number of carbonyl (C=O) groups is 1. The first kappa shape index (κ1) is 16.4. The third-order valence-corrected chi connectivity index (χ3v) is 2.20. The number of carbonyl (C=O) groups excluding carboxylic acids is 1. The monoisotopic (exact) mass is 242 g/mol. The molecule has 0 aromatic heterocycles. The molecule has 0 fully saturated rings. The van der Waals surface area contributed by atoms with Gasteiger partial charge in [0.25, 0.3) is 0 Å². The van der Waals surface area contributed by atoms with Crippen LogP contribution in [0.2, 0.25) is 0 Å². The lowest BCUT2D eigenvalue weighted by atomic mass is 9.92. The van der Waals surface area contributed by atoms with Crippen molar-refractivity contribution in [2.24, 2.45) is 10.8 Å². The number of rotatable bonds is 6. The maximum absolute atomic E-state index is 11.5. The molecule has 0 aromatic rings. The molecule has 0 bridgehead atoms. The van der Waals surface area contributed by atoms with Crippen molar-refractivity contribution in [3.05, 3.63) is 0 Å². The smallest absolute Gasteiger partial charge is 0.220 e. The molecule has 3 heteroatoms. The number of hydrogen-bond acceptors (Lipinski definition) is 2. The molecule has 0 aliphatic heterocycles. The molecule has 0 unspecified atom stereocenters. The first-order chi connectivity index (χ1) is 7.60. The molecular weight excluding hydrogens is 212 g/mol. The van der Waals surface area contributed by atoms with Crippen molar-refractivity contribution in [2.75, 3.05) is 19.6 Å². The molecule has 17 heavy (non-hydrogen) atoms. The molecule has 0 saturated carbocycles. The lowest BCUT2D eigenvalue weighted by molar-refractivity contribution is -0.122. The summed E-state index contributed by atoms with van der Waals surface area (Å²) in [6.45, 7) is 15.6. The first-order valence-electron chi connectivity index (χ1n) is 6.58. The van der Waals surface area contributed by atoms with E-state index >= 15 is 0 Å². The predicted octanol–water partition coefficient (Wildman–Crippen LogP) is 2.56. The fourth-order valence-electron chi connectivity index (χ4n) is 1.45. The molecule has 0 heterocycles. The Morgan fingerprint density at radius 2 is 1.53 bits per heavy atom. The minimum Gasteiger partial charge on any atom is -0.356 e. The number of nitrogens with one attached hydrogen (secondary N) is 2. The second-order valence-corrected chi connectivity index (χ2v) is 7.18. The first-order valence-corrected chi connectivity index (χ1v) is 6.58. The van der Waals surface area contributed by atoms with Crippen LogP contribution < -0.4 is 10.6 Å². The van der Waals surface area contributed by atoms with E-state index in [-0.39, 0.29) is 11.3 Å². The lowest BCUT2D eigenvalue weighted by Gasteiger charge is -2.19. The van der Waals surface area contributed by atoms with Crippen LogP contribution in [0.15, 0.2) is 0 Å². The van der Waals surface area contributed by atoms with Crippen molar-refractivity contribution in [3.63, 3.8) is 0 Å². The van der Waals surface area contributed by atoms with Crippen molar-refractivity contribution in [1.29, 1.82) is 0 Å². The second-order valence-electron chi connectivity index (χ2n) is 7.18. The van der Waals surface area contributed by atoms with Gasteiger partial charge < -0.3 is 10.6 Å². The molecule has 3 nitrogen and oxygen atoms in total. The summed E-state index contributed by atoms with van der Waals surface area (Å²) in [5.41, 5.74) is 0.407. The molecular formula is C14H30N2O. The van der Waals surface area contributed by atoms with Gasteiger partial charge >= 0.3 is 0 Å². The van der Waals surface area contributed by atoms with Gasteiger partial charge in [-0.25, -0.2) is 0 Å². The Hall–Kier alpha value is -0.570. The van der Waals surface area contributed by atoms with Gasteiger partial charge in [0.15, 0.2) is 0 Å². The Morgan fingerprint density at radius 1 is 0.941 bits per heavy atom. The van der Waals surface area contributed by atoms with Gasteiger partial charge in [-0.1, -0.05) is 41.5 Å². The third-order valence-electron chi connectivity index (χ3n) is 2.20. The molecule has 0 atom stereocenters. The van der Waals surface area contributed by atoms with E-state index in [1.165, 1.54) is 0 Å². The van der Waals surface area contributed by atoms with Crippen LogP contribution in [-0.2, 0) is 4.79 Å². The maximum Gasteiger partial charge on any atom is 0.220 e. The van der Waals surface area contributed by atoms with Crippen molar-refractivity contribution in [2.45, 2.75) is 54.4 Å². The molecule has 102 valence electrons. The normalized spacial score (nSPS) is 12.6. The standard InChI is InChI=1S/C14H30N2O/c1-13(2,3)10-12(17)16-9-7-8-15-11-14(4,5)6/h15H,7-11H2,1-6H3,(H,16,17). The Bertz CT molecular complexity index is 223. The molecule has 0 aliphatic carbocycles. The zero-order chi connectivity index (χ0) is 13.5. The molecule has 0 rings (SSSR count). The van der Waals surface area contributed by atoms with Crippen molar-refractivity contribution < 1.29 is 4.79 Å². The molecule has 1 amide bonds. The Labute approximate surface area is 107 Å². The van der Waals surface area contributed by atoms with Gasteiger partial charge in [-0.15, -0.1) is 0 Å². The highest BCUT2D eigenvalue weighted by atomic mass is 16.1. The van der Waals surface area contributed by atoms with Crippen LogP contribution in [0.25, 0.3) is 0 Å². The average molecular weight is 242 g/mol. The second kappa shape index (κ2) is 7.00. The van der Waals surface area contributed by atoms with Crippen molar-refractivity contribution in [1.82, 2.24) is 10.6 Å². The molecule has 2 N–H and O–H groups in total. The Morgan fingerprint density at radius 3 is 2.00 bits per heavy atom. The van der Waals surface area contributed by atoms with E-state index < -0.39 is 0 Å². The quantitative estimate of drug-likeness (QED) is 0.703. The topological polar surface area (TPSA) is 41.1 Å². The molecule has 0 saturated heterocycles. The fourth-order valence-corrected chi connectivity index (χ4v) is 1.45. The minimum atomic E-state index is 0.0779. The zero-order valence-electron chi connectivity index (χ0n) is 12.4. The predicted molar refractivity (Wildman–Crippen MR) is 74.0 cm³/mol. The highest BCUT2D eigenvalue weighted by Gasteiger charge is 2.15. The molecule has 0 aromatic carbocycles. The van der Waals surface area contributed by atoms with Gasteiger partial charge in [-0.2, -0.15) is 0 Å². The SMILES string of the molecule is CC(C)(C)CNCCCNC(=O)CC(C)(C)C. The van der Waals surface area contributed by atoms with E-state index in [1.54, 1.807) is 0 Å². The van der Waals surface area contributed by atoms with Crippen LogP contribution in [0.1, 0.15) is 54.4 Å². The van der Waals surface area contributed by atoms with Gasteiger partial charge in [-0.3, -0.25) is 4.79 Å². The van der Waals surface area contributed by atoms with Crippen LogP contribution in [-0.4, -0.2) is 25.5 Å². The maximum atomic E-state index is 11.5. The van der Waals surface area contributed by atoms with Gasteiger partial charge in [0.05, 0.1) is 0 Å². The average Bonchev–Trinajstić information content (AvgIpc) is 2.06. The van der Waals surface area contributed by atoms with E-state index in [0.717, 1.165) is 26.1 Å². The molecule has 0 radical (unpaired) electrons. The van der Waals surface area contributed by atoms with Crippen LogP contribution in [0, 0.1) is 10.8 Å². The summed E-state index contributed by atoms with van der Waals surface area (Å²) in [6, 6.07) is 0. The van der Waals surface area contributed by atoms with Crippen molar-refractivity contribution >= 4 is 5.91 Å². The van der Waals surface area contributed by atoms with Gasteiger partial charge in [0.1, 0.15) is 0 Å². The van der Waals surface area contributed by atoms with Crippen LogP contribution >= 0.6 is 0 Å². The zero-order valence-corrected chi connectivity index (χ0v) is 12.4. The summed E-state index contributed by atoms with van der Waals surface area (Å²) in [5, 5.41) is 6.35. The van der Waals surface area contributed by atoms with Crippen LogP contribution in [0.5, 0.6) is 0 Å². The Kier molecular flexibility index (Phi) is 6.76. The van der Waals surface area contributed by atoms with E-state index in [2.05, 4.69) is 52.2 Å². The summed E-state index contributed by atoms with van der Waals surface area (Å²) < 4.78 is 0. The van der Waals surface area contributed by atoms with Crippen molar-refractivity contribution in [3.8, 4) is 0 Å². The minimum absolute atomic E-state index is 0.0779. The van der Waals surface area contributed by atoms with E-state index in [4.69, 9.17) is 0 Å². The van der Waals surface area contributed by atoms with Gasteiger partial charge in [0.2, 0.25) is 5.91 Å².